The Balaban J connectivity index is 2.43. The Morgan fingerprint density at radius 3 is 2.20 bits per heavy atom. The monoisotopic (exact) mass is 338 g/mol. The molecule has 2 aromatic rings. The number of rotatable bonds is 4. The number of hydrogen-bond donors (Lipinski definition) is 2. The van der Waals surface area contributed by atoms with Gasteiger partial charge in [-0.15, -0.1) is 0 Å². The molecule has 2 nitrogen and oxygen atoms in total. The highest BCUT2D eigenvalue weighted by molar-refractivity contribution is 5.73. The molecule has 0 radical (unpaired) electrons. The van der Waals surface area contributed by atoms with E-state index in [-0.39, 0.29) is 5.41 Å². The maximum absolute atomic E-state index is 10.2. The first-order chi connectivity index (χ1) is 11.6. The smallest absolute Gasteiger partial charge is 0.121 e. The van der Waals surface area contributed by atoms with Crippen LogP contribution in [-0.2, 0) is 11.8 Å². The summed E-state index contributed by atoms with van der Waals surface area (Å²) in [6.07, 6.45) is 6.05. The van der Waals surface area contributed by atoms with Crippen molar-refractivity contribution >= 4 is 12.2 Å². The lowest BCUT2D eigenvalue weighted by atomic mass is 9.84. The molecule has 0 amide bonds. The predicted molar refractivity (Wildman–Crippen MR) is 107 cm³/mol. The molecule has 2 N–H and O–H groups in total. The van der Waals surface area contributed by atoms with Crippen molar-refractivity contribution in [3.8, 4) is 11.5 Å². The Morgan fingerprint density at radius 2 is 1.60 bits per heavy atom. The van der Waals surface area contributed by atoms with E-state index in [9.17, 15) is 10.2 Å². The third-order valence-corrected chi connectivity index (χ3v) is 4.57. The van der Waals surface area contributed by atoms with Crippen LogP contribution in [0, 0.1) is 13.8 Å². The van der Waals surface area contributed by atoms with Crippen molar-refractivity contribution in [1.29, 1.82) is 0 Å². The number of phenols is 2. The summed E-state index contributed by atoms with van der Waals surface area (Å²) in [5.74, 6) is 0.766. The van der Waals surface area contributed by atoms with E-state index in [0.29, 0.717) is 11.5 Å². The van der Waals surface area contributed by atoms with Crippen molar-refractivity contribution in [1.82, 2.24) is 0 Å². The van der Waals surface area contributed by atoms with E-state index >= 15 is 0 Å². The average Bonchev–Trinajstić information content (AvgIpc) is 2.50. The third kappa shape index (κ3) is 4.45. The van der Waals surface area contributed by atoms with Gasteiger partial charge in [-0.2, -0.15) is 0 Å². The number of phenolic OH excluding ortho intramolecular Hbond substituents is 2. The molecule has 0 heterocycles. The predicted octanol–water partition coefficient (Wildman–Crippen LogP) is 6.14. The van der Waals surface area contributed by atoms with Gasteiger partial charge in [0.2, 0.25) is 0 Å². The summed E-state index contributed by atoms with van der Waals surface area (Å²) in [4.78, 5) is 0. The lowest BCUT2D eigenvalue weighted by Crippen LogP contribution is -2.11. The summed E-state index contributed by atoms with van der Waals surface area (Å²) in [5.41, 5.74) is 5.99. The summed E-state index contributed by atoms with van der Waals surface area (Å²) in [5, 5.41) is 20.4. The molecule has 0 saturated carbocycles. The van der Waals surface area contributed by atoms with Crippen molar-refractivity contribution in [2.75, 3.05) is 0 Å². The molecule has 0 bridgehead atoms. The van der Waals surface area contributed by atoms with Crippen LogP contribution in [0.3, 0.4) is 0 Å². The zero-order valence-electron chi connectivity index (χ0n) is 16.3. The summed E-state index contributed by atoms with van der Waals surface area (Å²) in [6.45, 7) is 12.4. The van der Waals surface area contributed by atoms with Gasteiger partial charge in [0.1, 0.15) is 11.5 Å². The van der Waals surface area contributed by atoms with E-state index in [4.69, 9.17) is 0 Å². The SMILES string of the molecule is CCCc1cc(/C=C/c2cc(C(C)(C)C)c(O)cc2C)cc(C)c1O. The minimum absolute atomic E-state index is 0.107. The van der Waals surface area contributed by atoms with Gasteiger partial charge in [-0.3, -0.25) is 0 Å². The Hall–Kier alpha value is -2.22. The van der Waals surface area contributed by atoms with Crippen molar-refractivity contribution < 1.29 is 10.2 Å². The zero-order valence-corrected chi connectivity index (χ0v) is 16.3. The molecule has 2 aromatic carbocycles. The number of aromatic hydroxyl groups is 2. The highest BCUT2D eigenvalue weighted by Gasteiger charge is 2.19. The maximum Gasteiger partial charge on any atom is 0.121 e. The van der Waals surface area contributed by atoms with Crippen LogP contribution in [0.15, 0.2) is 24.3 Å². The Morgan fingerprint density at radius 1 is 0.920 bits per heavy atom. The van der Waals surface area contributed by atoms with E-state index in [1.54, 1.807) is 0 Å². The second-order valence-electron chi connectivity index (χ2n) is 7.90. The molecule has 0 aliphatic heterocycles. The third-order valence-electron chi connectivity index (χ3n) is 4.57. The molecule has 0 fully saturated rings. The van der Waals surface area contributed by atoms with E-state index < -0.39 is 0 Å². The molecule has 2 rings (SSSR count). The lowest BCUT2D eigenvalue weighted by molar-refractivity contribution is 0.446. The fourth-order valence-corrected chi connectivity index (χ4v) is 3.11. The molecule has 0 unspecified atom stereocenters. The summed E-state index contributed by atoms with van der Waals surface area (Å²) < 4.78 is 0. The second-order valence-corrected chi connectivity index (χ2v) is 7.90. The number of hydrogen-bond acceptors (Lipinski definition) is 2. The Labute approximate surface area is 151 Å². The first kappa shape index (κ1) is 19.1. The van der Waals surface area contributed by atoms with Gasteiger partial charge in [-0.1, -0.05) is 46.3 Å². The van der Waals surface area contributed by atoms with Gasteiger partial charge < -0.3 is 10.2 Å². The van der Waals surface area contributed by atoms with E-state index in [1.807, 2.05) is 26.0 Å². The zero-order chi connectivity index (χ0) is 18.8. The molecule has 134 valence electrons. The Kier molecular flexibility index (Phi) is 5.62. The van der Waals surface area contributed by atoms with Gasteiger partial charge in [-0.25, -0.2) is 0 Å². The fraction of sp³-hybridized carbons (Fsp3) is 0.391. The van der Waals surface area contributed by atoms with Gasteiger partial charge in [0.25, 0.3) is 0 Å². The van der Waals surface area contributed by atoms with Crippen LogP contribution in [0.4, 0.5) is 0 Å². The highest BCUT2D eigenvalue weighted by Crippen LogP contribution is 2.33. The molecule has 0 spiro atoms. The average molecular weight is 338 g/mol. The largest absolute Gasteiger partial charge is 0.508 e. The van der Waals surface area contributed by atoms with Gasteiger partial charge in [0, 0.05) is 0 Å². The topological polar surface area (TPSA) is 40.5 Å². The van der Waals surface area contributed by atoms with E-state index in [1.165, 1.54) is 0 Å². The van der Waals surface area contributed by atoms with Crippen molar-refractivity contribution in [3.05, 3.63) is 57.6 Å². The molecule has 25 heavy (non-hydrogen) atoms. The molecule has 0 atom stereocenters. The molecule has 0 saturated heterocycles. The van der Waals surface area contributed by atoms with Crippen LogP contribution in [0.2, 0.25) is 0 Å². The molecular weight excluding hydrogens is 308 g/mol. The van der Waals surface area contributed by atoms with Crippen LogP contribution in [0.1, 0.15) is 67.5 Å². The minimum atomic E-state index is -0.107. The van der Waals surface area contributed by atoms with Crippen molar-refractivity contribution in [3.63, 3.8) is 0 Å². The molecule has 0 aliphatic carbocycles. The number of aryl methyl sites for hydroxylation is 3. The normalized spacial score (nSPS) is 12.1. The molecule has 0 aromatic heterocycles. The quantitative estimate of drug-likeness (QED) is 0.658. The molecule has 0 aliphatic rings. The maximum atomic E-state index is 10.2. The summed E-state index contributed by atoms with van der Waals surface area (Å²) in [7, 11) is 0. The van der Waals surface area contributed by atoms with Crippen LogP contribution in [0.25, 0.3) is 12.2 Å². The van der Waals surface area contributed by atoms with Gasteiger partial charge in [0.05, 0.1) is 0 Å². The van der Waals surface area contributed by atoms with Gasteiger partial charge >= 0.3 is 0 Å². The molecular formula is C23H30O2. The summed E-state index contributed by atoms with van der Waals surface area (Å²) in [6, 6.07) is 7.97. The summed E-state index contributed by atoms with van der Waals surface area (Å²) >= 11 is 0. The minimum Gasteiger partial charge on any atom is -0.508 e. The van der Waals surface area contributed by atoms with Crippen LogP contribution < -0.4 is 0 Å². The van der Waals surface area contributed by atoms with E-state index in [0.717, 1.165) is 46.2 Å². The van der Waals surface area contributed by atoms with Crippen LogP contribution >= 0.6 is 0 Å². The van der Waals surface area contributed by atoms with E-state index in [2.05, 4.69) is 52.0 Å². The first-order valence-corrected chi connectivity index (χ1v) is 8.98. The van der Waals surface area contributed by atoms with Crippen LogP contribution in [0.5, 0.6) is 11.5 Å². The van der Waals surface area contributed by atoms with Gasteiger partial charge in [-0.05, 0) is 83.3 Å². The lowest BCUT2D eigenvalue weighted by Gasteiger charge is -2.21. The van der Waals surface area contributed by atoms with Gasteiger partial charge in [0.15, 0.2) is 0 Å². The molecule has 2 heteroatoms. The second kappa shape index (κ2) is 7.35. The van der Waals surface area contributed by atoms with Crippen LogP contribution in [-0.4, -0.2) is 10.2 Å². The fourth-order valence-electron chi connectivity index (χ4n) is 3.11. The highest BCUT2D eigenvalue weighted by atomic mass is 16.3. The standard InChI is InChI=1S/C23H30O2/c1-7-8-19-13-17(11-16(3)22(19)25)9-10-18-14-20(23(4,5)6)21(24)12-15(18)2/h9-14,24-25H,7-8H2,1-6H3/b10-9+. The Bertz CT molecular complexity index is 793. The first-order valence-electron chi connectivity index (χ1n) is 8.98. The van der Waals surface area contributed by atoms with Crippen molar-refractivity contribution in [2.45, 2.75) is 59.8 Å². The number of benzene rings is 2. The van der Waals surface area contributed by atoms with Crippen molar-refractivity contribution in [2.24, 2.45) is 0 Å².